The van der Waals surface area contributed by atoms with Crippen molar-refractivity contribution >= 4 is 56.5 Å². The minimum atomic E-state index is -0.266. The van der Waals surface area contributed by atoms with Crippen molar-refractivity contribution in [3.63, 3.8) is 0 Å². The van der Waals surface area contributed by atoms with Crippen LogP contribution in [0.25, 0.3) is 6.08 Å². The van der Waals surface area contributed by atoms with E-state index in [0.717, 1.165) is 10.0 Å². The number of nitrogens with one attached hydrogen (secondary N) is 2. The highest BCUT2D eigenvalue weighted by Gasteiger charge is 2.07. The lowest BCUT2D eigenvalue weighted by Crippen LogP contribution is -2.10. The second kappa shape index (κ2) is 9.34. The van der Waals surface area contributed by atoms with Gasteiger partial charge in [0.1, 0.15) is 5.75 Å². The molecule has 28 heavy (non-hydrogen) atoms. The highest BCUT2D eigenvalue weighted by molar-refractivity contribution is 9.10. The van der Waals surface area contributed by atoms with Crippen molar-refractivity contribution in [2.24, 2.45) is 0 Å². The molecule has 3 aromatic rings. The molecule has 5 nitrogen and oxygen atoms in total. The van der Waals surface area contributed by atoms with Gasteiger partial charge in [0.25, 0.3) is 5.91 Å². The van der Waals surface area contributed by atoms with E-state index in [1.165, 1.54) is 17.4 Å². The van der Waals surface area contributed by atoms with Crippen LogP contribution in [0, 0.1) is 0 Å². The number of ether oxygens (including phenoxy) is 1. The molecule has 0 aliphatic rings. The maximum atomic E-state index is 12.2. The van der Waals surface area contributed by atoms with Gasteiger partial charge in [-0.3, -0.25) is 9.59 Å². The number of amides is 2. The Labute approximate surface area is 175 Å². The predicted molar refractivity (Wildman–Crippen MR) is 117 cm³/mol. The van der Waals surface area contributed by atoms with E-state index < -0.39 is 0 Å². The lowest BCUT2D eigenvalue weighted by molar-refractivity contribution is -0.111. The van der Waals surface area contributed by atoms with Crippen LogP contribution in [0.1, 0.15) is 15.2 Å². The third-order valence-electron chi connectivity index (χ3n) is 3.76. The number of carbonyl (C=O) groups is 2. The lowest BCUT2D eigenvalue weighted by atomic mass is 10.2. The average molecular weight is 457 g/mol. The number of methoxy groups -OCH3 is 1. The first kappa shape index (κ1) is 19.9. The molecule has 0 unspecified atom stereocenters. The molecule has 0 saturated carbocycles. The molecule has 0 spiro atoms. The van der Waals surface area contributed by atoms with Crippen molar-refractivity contribution in [1.29, 1.82) is 0 Å². The van der Waals surface area contributed by atoms with Gasteiger partial charge in [-0.05, 0) is 60.0 Å². The minimum Gasteiger partial charge on any atom is -0.496 e. The summed E-state index contributed by atoms with van der Waals surface area (Å²) < 4.78 is 6.18. The van der Waals surface area contributed by atoms with E-state index in [1.807, 2.05) is 29.6 Å². The smallest absolute Gasteiger partial charge is 0.265 e. The summed E-state index contributed by atoms with van der Waals surface area (Å²) in [6, 6.07) is 16.1. The fraction of sp³-hybridized carbons (Fsp3) is 0.0476. The summed E-state index contributed by atoms with van der Waals surface area (Å²) in [6.45, 7) is 0. The van der Waals surface area contributed by atoms with Crippen LogP contribution in [0.2, 0.25) is 0 Å². The summed E-state index contributed by atoms with van der Waals surface area (Å²) >= 11 is 4.78. The molecule has 1 aromatic heterocycles. The van der Waals surface area contributed by atoms with Gasteiger partial charge in [-0.2, -0.15) is 0 Å². The quantitative estimate of drug-likeness (QED) is 0.486. The van der Waals surface area contributed by atoms with Crippen LogP contribution in [0.5, 0.6) is 5.75 Å². The molecular weight excluding hydrogens is 440 g/mol. The maximum absolute atomic E-state index is 12.2. The SMILES string of the molecule is COc1ccc(Br)cc1C=CC(=O)Nc1ccc(NC(=O)c2cccs2)cc1. The Kier molecular flexibility index (Phi) is 6.62. The zero-order chi connectivity index (χ0) is 19.9. The highest BCUT2D eigenvalue weighted by Crippen LogP contribution is 2.24. The van der Waals surface area contributed by atoms with Crippen molar-refractivity contribution in [1.82, 2.24) is 0 Å². The van der Waals surface area contributed by atoms with Gasteiger partial charge in [0.15, 0.2) is 0 Å². The zero-order valence-corrected chi connectivity index (χ0v) is 17.3. The van der Waals surface area contributed by atoms with Crippen LogP contribution >= 0.6 is 27.3 Å². The van der Waals surface area contributed by atoms with Gasteiger partial charge in [0, 0.05) is 27.5 Å². The number of carbonyl (C=O) groups excluding carboxylic acids is 2. The summed E-state index contributed by atoms with van der Waals surface area (Å²) in [5.41, 5.74) is 2.08. The Morgan fingerprint density at radius 3 is 2.39 bits per heavy atom. The molecule has 1 heterocycles. The monoisotopic (exact) mass is 456 g/mol. The molecule has 0 bridgehead atoms. The summed E-state index contributed by atoms with van der Waals surface area (Å²) in [7, 11) is 1.58. The Balaban J connectivity index is 1.60. The summed E-state index contributed by atoms with van der Waals surface area (Å²) in [5, 5.41) is 7.45. The van der Waals surface area contributed by atoms with Crippen LogP contribution in [0.4, 0.5) is 11.4 Å². The van der Waals surface area contributed by atoms with E-state index in [-0.39, 0.29) is 11.8 Å². The molecule has 0 saturated heterocycles. The van der Waals surface area contributed by atoms with Crippen molar-refractivity contribution in [2.75, 3.05) is 17.7 Å². The lowest BCUT2D eigenvalue weighted by Gasteiger charge is -2.07. The van der Waals surface area contributed by atoms with Gasteiger partial charge in [-0.25, -0.2) is 0 Å². The molecule has 0 aliphatic heterocycles. The Bertz CT molecular complexity index is 999. The first-order chi connectivity index (χ1) is 13.5. The number of rotatable bonds is 6. The van der Waals surface area contributed by atoms with Gasteiger partial charge in [0.05, 0.1) is 12.0 Å². The second-order valence-corrected chi connectivity index (χ2v) is 7.58. The third-order valence-corrected chi connectivity index (χ3v) is 5.12. The Hall–Kier alpha value is -2.90. The number of hydrogen-bond donors (Lipinski definition) is 2. The molecule has 0 fully saturated rings. The fourth-order valence-corrected chi connectivity index (χ4v) is 3.42. The Morgan fingerprint density at radius 2 is 1.75 bits per heavy atom. The summed E-state index contributed by atoms with van der Waals surface area (Å²) in [4.78, 5) is 24.9. The van der Waals surface area contributed by atoms with Crippen molar-refractivity contribution in [3.8, 4) is 5.75 Å². The van der Waals surface area contributed by atoms with Gasteiger partial charge in [-0.1, -0.05) is 22.0 Å². The normalized spacial score (nSPS) is 10.6. The molecule has 3 rings (SSSR count). The molecule has 0 aliphatic carbocycles. The summed E-state index contributed by atoms with van der Waals surface area (Å²) in [6.07, 6.45) is 3.13. The van der Waals surface area contributed by atoms with Crippen LogP contribution in [0.3, 0.4) is 0 Å². The van der Waals surface area contributed by atoms with Crippen LogP contribution in [0.15, 0.2) is 70.5 Å². The number of anilines is 2. The maximum Gasteiger partial charge on any atom is 0.265 e. The molecule has 2 N–H and O–H groups in total. The van der Waals surface area contributed by atoms with E-state index in [1.54, 1.807) is 43.5 Å². The highest BCUT2D eigenvalue weighted by atomic mass is 79.9. The molecule has 0 radical (unpaired) electrons. The minimum absolute atomic E-state index is 0.155. The van der Waals surface area contributed by atoms with E-state index in [4.69, 9.17) is 4.74 Å². The molecule has 2 amide bonds. The first-order valence-electron chi connectivity index (χ1n) is 8.32. The van der Waals surface area contributed by atoms with Crippen LogP contribution in [-0.4, -0.2) is 18.9 Å². The van der Waals surface area contributed by atoms with Gasteiger partial charge in [0.2, 0.25) is 5.91 Å². The molecule has 142 valence electrons. The molecular formula is C21H17BrN2O3S. The fourth-order valence-electron chi connectivity index (χ4n) is 2.42. The Morgan fingerprint density at radius 1 is 1.04 bits per heavy atom. The van der Waals surface area contributed by atoms with Gasteiger partial charge < -0.3 is 15.4 Å². The van der Waals surface area contributed by atoms with E-state index in [0.29, 0.717) is 22.0 Å². The number of benzene rings is 2. The topological polar surface area (TPSA) is 67.4 Å². The van der Waals surface area contributed by atoms with E-state index >= 15 is 0 Å². The van der Waals surface area contributed by atoms with Crippen LogP contribution in [-0.2, 0) is 4.79 Å². The first-order valence-corrected chi connectivity index (χ1v) is 10.00. The standard InChI is InChI=1S/C21H17BrN2O3S/c1-27-18-10-5-15(22)13-14(18)4-11-20(25)23-16-6-8-17(9-7-16)24-21(26)19-3-2-12-28-19/h2-13H,1H3,(H,23,25)(H,24,26). The van der Waals surface area contributed by atoms with E-state index in [9.17, 15) is 9.59 Å². The molecule has 7 heteroatoms. The number of thiophene rings is 1. The number of halogens is 1. The zero-order valence-electron chi connectivity index (χ0n) is 14.9. The summed E-state index contributed by atoms with van der Waals surface area (Å²) in [5.74, 6) is 0.258. The van der Waals surface area contributed by atoms with Crippen molar-refractivity contribution in [2.45, 2.75) is 0 Å². The number of hydrogen-bond acceptors (Lipinski definition) is 4. The third kappa shape index (κ3) is 5.31. The van der Waals surface area contributed by atoms with Gasteiger partial charge in [-0.15, -0.1) is 11.3 Å². The molecule has 2 aromatic carbocycles. The predicted octanol–water partition coefficient (Wildman–Crippen LogP) is 5.42. The largest absolute Gasteiger partial charge is 0.496 e. The van der Waals surface area contributed by atoms with Gasteiger partial charge >= 0.3 is 0 Å². The van der Waals surface area contributed by atoms with Crippen molar-refractivity contribution in [3.05, 3.63) is 81.0 Å². The second-order valence-electron chi connectivity index (χ2n) is 5.72. The molecule has 0 atom stereocenters. The van der Waals surface area contributed by atoms with E-state index in [2.05, 4.69) is 26.6 Å². The average Bonchev–Trinajstić information content (AvgIpc) is 3.23. The van der Waals surface area contributed by atoms with Crippen molar-refractivity contribution < 1.29 is 14.3 Å². The van der Waals surface area contributed by atoms with Crippen LogP contribution < -0.4 is 15.4 Å².